The second kappa shape index (κ2) is 5.33. The number of anilines is 3. The van der Waals surface area contributed by atoms with Gasteiger partial charge in [0.15, 0.2) is 0 Å². The van der Waals surface area contributed by atoms with E-state index in [1.165, 1.54) is 0 Å². The monoisotopic (exact) mass is 315 g/mol. The molecule has 0 aromatic heterocycles. The summed E-state index contributed by atoms with van der Waals surface area (Å²) in [5, 5.41) is 12.2. The van der Waals surface area contributed by atoms with Gasteiger partial charge in [-0.15, -0.1) is 0 Å². The van der Waals surface area contributed by atoms with Gasteiger partial charge in [-0.1, -0.05) is 15.9 Å². The van der Waals surface area contributed by atoms with E-state index in [-0.39, 0.29) is 0 Å². The Morgan fingerprint density at radius 2 is 1.79 bits per heavy atom. The highest BCUT2D eigenvalue weighted by atomic mass is 79.9. The number of aryl methyl sites for hydroxylation is 2. The lowest BCUT2D eigenvalue weighted by atomic mass is 10.1. The molecule has 0 atom stereocenters. The fourth-order valence-corrected chi connectivity index (χ4v) is 2.68. The van der Waals surface area contributed by atoms with E-state index < -0.39 is 0 Å². The predicted molar refractivity (Wildman–Crippen MR) is 82.5 cm³/mol. The van der Waals surface area contributed by atoms with Gasteiger partial charge in [0.05, 0.1) is 23.0 Å². The number of nitrogens with two attached hydrogens (primary N) is 1. The standard InChI is InChI=1S/C15H14BrN3/c1-9-5-12(16)6-10(2)15(9)19-14-4-3-11(8-17)7-13(14)18/h3-7,19H,18H2,1-2H3. The van der Waals surface area contributed by atoms with Crippen molar-refractivity contribution in [2.24, 2.45) is 0 Å². The van der Waals surface area contributed by atoms with Crippen LogP contribution in [-0.4, -0.2) is 0 Å². The fourth-order valence-electron chi connectivity index (χ4n) is 1.99. The van der Waals surface area contributed by atoms with Crippen molar-refractivity contribution < 1.29 is 0 Å². The lowest BCUT2D eigenvalue weighted by Crippen LogP contribution is -2.00. The van der Waals surface area contributed by atoms with Gasteiger partial charge in [0.1, 0.15) is 0 Å². The molecule has 0 aliphatic rings. The summed E-state index contributed by atoms with van der Waals surface area (Å²) in [4.78, 5) is 0. The lowest BCUT2D eigenvalue weighted by molar-refractivity contribution is 1.34. The smallest absolute Gasteiger partial charge is 0.0992 e. The van der Waals surface area contributed by atoms with Crippen LogP contribution in [0.1, 0.15) is 16.7 Å². The van der Waals surface area contributed by atoms with Crippen molar-refractivity contribution in [3.63, 3.8) is 0 Å². The third-order valence-corrected chi connectivity index (χ3v) is 3.40. The molecule has 2 aromatic carbocycles. The summed E-state index contributed by atoms with van der Waals surface area (Å²) >= 11 is 3.48. The highest BCUT2D eigenvalue weighted by Crippen LogP contribution is 2.30. The first kappa shape index (κ1) is 13.4. The maximum absolute atomic E-state index is 8.83. The quantitative estimate of drug-likeness (QED) is 0.814. The molecule has 0 heterocycles. The van der Waals surface area contributed by atoms with Crippen LogP contribution in [-0.2, 0) is 0 Å². The summed E-state index contributed by atoms with van der Waals surface area (Å²) in [6.07, 6.45) is 0. The molecule has 0 unspecified atom stereocenters. The average Bonchev–Trinajstić information content (AvgIpc) is 2.35. The van der Waals surface area contributed by atoms with Gasteiger partial charge in [0.25, 0.3) is 0 Å². The summed E-state index contributed by atoms with van der Waals surface area (Å²) in [6, 6.07) is 11.4. The van der Waals surface area contributed by atoms with Crippen molar-refractivity contribution in [2.75, 3.05) is 11.1 Å². The zero-order valence-corrected chi connectivity index (χ0v) is 12.4. The molecule has 96 valence electrons. The molecule has 2 aromatic rings. The van der Waals surface area contributed by atoms with E-state index in [0.717, 1.165) is 27.0 Å². The van der Waals surface area contributed by atoms with Crippen LogP contribution >= 0.6 is 15.9 Å². The molecule has 0 saturated heterocycles. The number of rotatable bonds is 2. The number of halogens is 1. The molecule has 0 spiro atoms. The third kappa shape index (κ3) is 2.88. The zero-order valence-electron chi connectivity index (χ0n) is 10.8. The van der Waals surface area contributed by atoms with E-state index in [4.69, 9.17) is 11.0 Å². The molecular weight excluding hydrogens is 302 g/mol. The molecule has 0 radical (unpaired) electrons. The molecule has 0 amide bonds. The third-order valence-electron chi connectivity index (χ3n) is 2.94. The van der Waals surface area contributed by atoms with Gasteiger partial charge < -0.3 is 11.1 Å². The normalized spacial score (nSPS) is 10.0. The van der Waals surface area contributed by atoms with Crippen LogP contribution in [0.3, 0.4) is 0 Å². The SMILES string of the molecule is Cc1cc(Br)cc(C)c1Nc1ccc(C#N)cc1N. The largest absolute Gasteiger partial charge is 0.397 e. The van der Waals surface area contributed by atoms with Crippen LogP contribution in [0.25, 0.3) is 0 Å². The maximum Gasteiger partial charge on any atom is 0.0992 e. The summed E-state index contributed by atoms with van der Waals surface area (Å²) in [5.41, 5.74) is 11.2. The Morgan fingerprint density at radius 1 is 1.16 bits per heavy atom. The minimum Gasteiger partial charge on any atom is -0.397 e. The number of nitrogens with zero attached hydrogens (tertiary/aromatic N) is 1. The van der Waals surface area contributed by atoms with Gasteiger partial charge in [0, 0.05) is 10.2 Å². The van der Waals surface area contributed by atoms with Crippen LogP contribution in [0.4, 0.5) is 17.1 Å². The molecule has 0 fully saturated rings. The van der Waals surface area contributed by atoms with Crippen LogP contribution in [0.15, 0.2) is 34.8 Å². The molecule has 0 aliphatic carbocycles. The number of nitrogen functional groups attached to an aromatic ring is 1. The number of hydrogen-bond donors (Lipinski definition) is 2. The topological polar surface area (TPSA) is 61.8 Å². The number of benzene rings is 2. The summed E-state index contributed by atoms with van der Waals surface area (Å²) in [6.45, 7) is 4.08. The van der Waals surface area contributed by atoms with Crippen LogP contribution in [0.5, 0.6) is 0 Å². The van der Waals surface area contributed by atoms with Gasteiger partial charge in [-0.25, -0.2) is 0 Å². The van der Waals surface area contributed by atoms with E-state index in [1.807, 2.05) is 19.9 Å². The Morgan fingerprint density at radius 3 is 2.32 bits per heavy atom. The van der Waals surface area contributed by atoms with Gasteiger partial charge >= 0.3 is 0 Å². The highest BCUT2D eigenvalue weighted by molar-refractivity contribution is 9.10. The Labute approximate surface area is 121 Å². The van der Waals surface area contributed by atoms with Crippen LogP contribution in [0.2, 0.25) is 0 Å². The van der Waals surface area contributed by atoms with Gasteiger partial charge in [-0.05, 0) is 55.3 Å². The fraction of sp³-hybridized carbons (Fsp3) is 0.133. The number of hydrogen-bond acceptors (Lipinski definition) is 3. The first-order chi connectivity index (χ1) is 9.01. The van der Waals surface area contributed by atoms with Crippen molar-refractivity contribution >= 4 is 33.0 Å². The van der Waals surface area contributed by atoms with Gasteiger partial charge in [0.2, 0.25) is 0 Å². The molecular formula is C15H14BrN3. The van der Waals surface area contributed by atoms with E-state index in [0.29, 0.717) is 11.3 Å². The average molecular weight is 316 g/mol. The molecule has 0 aliphatic heterocycles. The molecule has 2 rings (SSSR count). The molecule has 19 heavy (non-hydrogen) atoms. The molecule has 0 saturated carbocycles. The molecule has 4 heteroatoms. The minimum absolute atomic E-state index is 0.562. The molecule has 3 N–H and O–H groups in total. The van der Waals surface area contributed by atoms with Crippen molar-refractivity contribution in [1.82, 2.24) is 0 Å². The van der Waals surface area contributed by atoms with Gasteiger partial charge in [-0.2, -0.15) is 5.26 Å². The van der Waals surface area contributed by atoms with Crippen molar-refractivity contribution in [3.8, 4) is 6.07 Å². The van der Waals surface area contributed by atoms with Crippen molar-refractivity contribution in [2.45, 2.75) is 13.8 Å². The second-order valence-corrected chi connectivity index (χ2v) is 5.37. The summed E-state index contributed by atoms with van der Waals surface area (Å²) in [5.74, 6) is 0. The molecule has 3 nitrogen and oxygen atoms in total. The maximum atomic E-state index is 8.83. The predicted octanol–water partition coefficient (Wildman–Crippen LogP) is 4.26. The summed E-state index contributed by atoms with van der Waals surface area (Å²) < 4.78 is 1.06. The Kier molecular flexibility index (Phi) is 3.77. The number of nitriles is 1. The Balaban J connectivity index is 2.40. The second-order valence-electron chi connectivity index (χ2n) is 4.45. The molecule has 0 bridgehead atoms. The van der Waals surface area contributed by atoms with Crippen LogP contribution < -0.4 is 11.1 Å². The minimum atomic E-state index is 0.562. The first-order valence-electron chi connectivity index (χ1n) is 5.84. The summed E-state index contributed by atoms with van der Waals surface area (Å²) in [7, 11) is 0. The van der Waals surface area contributed by atoms with E-state index in [9.17, 15) is 0 Å². The Bertz CT molecular complexity index is 649. The van der Waals surface area contributed by atoms with Crippen molar-refractivity contribution in [1.29, 1.82) is 5.26 Å². The van der Waals surface area contributed by atoms with E-state index in [2.05, 4.69) is 39.4 Å². The highest BCUT2D eigenvalue weighted by Gasteiger charge is 2.07. The first-order valence-corrected chi connectivity index (χ1v) is 6.64. The van der Waals surface area contributed by atoms with Crippen molar-refractivity contribution in [3.05, 3.63) is 51.5 Å². The van der Waals surface area contributed by atoms with Crippen LogP contribution in [0, 0.1) is 25.2 Å². The lowest BCUT2D eigenvalue weighted by Gasteiger charge is -2.15. The van der Waals surface area contributed by atoms with Gasteiger partial charge in [-0.3, -0.25) is 0 Å². The Hall–Kier alpha value is -1.99. The zero-order chi connectivity index (χ0) is 14.0. The van der Waals surface area contributed by atoms with E-state index in [1.54, 1.807) is 12.1 Å². The number of nitrogens with one attached hydrogen (secondary N) is 1. The van der Waals surface area contributed by atoms with E-state index >= 15 is 0 Å².